The summed E-state index contributed by atoms with van der Waals surface area (Å²) in [7, 11) is 0. The summed E-state index contributed by atoms with van der Waals surface area (Å²) in [6.45, 7) is 1.74. The molecule has 2 aromatic carbocycles. The van der Waals surface area contributed by atoms with Gasteiger partial charge in [0, 0.05) is 23.2 Å². The van der Waals surface area contributed by atoms with Crippen molar-refractivity contribution < 1.29 is 27.5 Å². The zero-order valence-electron chi connectivity index (χ0n) is 15.8. The van der Waals surface area contributed by atoms with Gasteiger partial charge in [-0.25, -0.2) is 18.2 Å². The number of fused-ring (bicyclic) bond motifs is 1. The Hall–Kier alpha value is -2.65. The molecule has 0 aliphatic carbocycles. The predicted octanol–water partition coefficient (Wildman–Crippen LogP) is 5.24. The normalized spacial score (nSPS) is 11.0. The van der Waals surface area contributed by atoms with Gasteiger partial charge in [-0.3, -0.25) is 9.59 Å². The van der Waals surface area contributed by atoms with Crippen LogP contribution in [0.3, 0.4) is 0 Å². The molecule has 0 unspecified atom stereocenters. The number of hydrogen-bond acceptors (Lipinski definition) is 5. The van der Waals surface area contributed by atoms with Crippen molar-refractivity contribution in [2.75, 3.05) is 11.5 Å². The van der Waals surface area contributed by atoms with E-state index in [2.05, 4.69) is 4.98 Å². The second-order valence-corrected chi connectivity index (χ2v) is 7.72. The zero-order chi connectivity index (χ0) is 21.8. The number of carbonyl (C=O) groups excluding carboxylic acids is 2. The average molecular weight is 457 g/mol. The minimum absolute atomic E-state index is 0.120. The van der Waals surface area contributed by atoms with Gasteiger partial charge in [-0.2, -0.15) is 0 Å². The van der Waals surface area contributed by atoms with Crippen LogP contribution in [0.4, 0.5) is 18.9 Å². The van der Waals surface area contributed by atoms with Crippen molar-refractivity contribution in [3.8, 4) is 0 Å². The maximum Gasteiger partial charge on any atom is 0.306 e. The highest BCUT2D eigenvalue weighted by atomic mass is 35.5. The first-order valence-corrected chi connectivity index (χ1v) is 10.1. The summed E-state index contributed by atoms with van der Waals surface area (Å²) in [5, 5.41) is 0.658. The zero-order valence-corrected chi connectivity index (χ0v) is 17.3. The molecule has 1 amide bonds. The number of carbonyl (C=O) groups is 2. The van der Waals surface area contributed by atoms with Crippen LogP contribution in [0.15, 0.2) is 30.3 Å². The highest BCUT2D eigenvalue weighted by Crippen LogP contribution is 2.31. The Morgan fingerprint density at radius 1 is 1.13 bits per heavy atom. The van der Waals surface area contributed by atoms with Gasteiger partial charge in [-0.1, -0.05) is 11.6 Å². The molecule has 0 saturated heterocycles. The van der Waals surface area contributed by atoms with Crippen LogP contribution in [0.1, 0.15) is 24.8 Å². The summed E-state index contributed by atoms with van der Waals surface area (Å²) in [5.74, 6) is -4.45. The van der Waals surface area contributed by atoms with E-state index in [-0.39, 0.29) is 35.7 Å². The smallest absolute Gasteiger partial charge is 0.306 e. The molecule has 30 heavy (non-hydrogen) atoms. The number of amides is 1. The standard InChI is InChI=1S/C20H16ClF3N2O3S/c1-2-29-17(28)8-7-16(27)26(12-5-3-11(21)4-6-12)10-15-25-19-18(24)13(22)9-14(23)20(19)30-15/h3-6,9H,2,7-8,10H2,1H3. The highest BCUT2D eigenvalue weighted by Gasteiger charge is 2.22. The van der Waals surface area contributed by atoms with Gasteiger partial charge in [-0.15, -0.1) is 11.3 Å². The second kappa shape index (κ2) is 9.44. The number of rotatable bonds is 7. The first-order chi connectivity index (χ1) is 14.3. The van der Waals surface area contributed by atoms with Crippen LogP contribution in [-0.2, 0) is 20.9 Å². The second-order valence-electron chi connectivity index (χ2n) is 6.20. The number of benzene rings is 2. The third kappa shape index (κ3) is 4.91. The number of aromatic nitrogens is 1. The van der Waals surface area contributed by atoms with Crippen LogP contribution in [0, 0.1) is 17.5 Å². The molecule has 5 nitrogen and oxygen atoms in total. The van der Waals surface area contributed by atoms with E-state index < -0.39 is 34.8 Å². The lowest BCUT2D eigenvalue weighted by Gasteiger charge is -2.22. The van der Waals surface area contributed by atoms with E-state index in [1.807, 2.05) is 0 Å². The van der Waals surface area contributed by atoms with E-state index in [0.717, 1.165) is 11.3 Å². The maximum absolute atomic E-state index is 14.0. The van der Waals surface area contributed by atoms with Crippen LogP contribution in [-0.4, -0.2) is 23.5 Å². The Bertz CT molecular complexity index is 1090. The number of ether oxygens (including phenoxy) is 1. The molecule has 3 aromatic rings. The van der Waals surface area contributed by atoms with Crippen LogP contribution in [0.5, 0.6) is 0 Å². The number of hydrogen-bond donors (Lipinski definition) is 0. The van der Waals surface area contributed by atoms with Crippen LogP contribution in [0.25, 0.3) is 10.2 Å². The Balaban J connectivity index is 1.90. The first-order valence-electron chi connectivity index (χ1n) is 8.94. The van der Waals surface area contributed by atoms with Gasteiger partial charge < -0.3 is 9.64 Å². The van der Waals surface area contributed by atoms with Crippen molar-refractivity contribution in [2.24, 2.45) is 0 Å². The third-order valence-corrected chi connectivity index (χ3v) is 5.44. The van der Waals surface area contributed by atoms with Gasteiger partial charge >= 0.3 is 5.97 Å². The van der Waals surface area contributed by atoms with Crippen molar-refractivity contribution in [1.29, 1.82) is 0 Å². The molecule has 10 heteroatoms. The van der Waals surface area contributed by atoms with Gasteiger partial charge in [0.2, 0.25) is 5.91 Å². The van der Waals surface area contributed by atoms with Crippen molar-refractivity contribution in [3.05, 3.63) is 57.8 Å². The Kier molecular flexibility index (Phi) is 6.94. The molecule has 0 atom stereocenters. The van der Waals surface area contributed by atoms with E-state index in [1.165, 1.54) is 4.90 Å². The minimum atomic E-state index is -1.34. The van der Waals surface area contributed by atoms with E-state index in [1.54, 1.807) is 31.2 Å². The van der Waals surface area contributed by atoms with Crippen molar-refractivity contribution in [1.82, 2.24) is 4.98 Å². The molecule has 0 bridgehead atoms. The quantitative estimate of drug-likeness (QED) is 0.360. The third-order valence-electron chi connectivity index (χ3n) is 4.14. The number of esters is 1. The number of anilines is 1. The molecule has 0 fully saturated rings. The van der Waals surface area contributed by atoms with Gasteiger partial charge in [0.1, 0.15) is 16.3 Å². The minimum Gasteiger partial charge on any atom is -0.466 e. The molecular formula is C20H16ClF3N2O3S. The van der Waals surface area contributed by atoms with Gasteiger partial charge in [0.25, 0.3) is 0 Å². The topological polar surface area (TPSA) is 59.5 Å². The predicted molar refractivity (Wildman–Crippen MR) is 108 cm³/mol. The van der Waals surface area contributed by atoms with Gasteiger partial charge in [0.05, 0.1) is 24.3 Å². The lowest BCUT2D eigenvalue weighted by atomic mass is 10.2. The highest BCUT2D eigenvalue weighted by molar-refractivity contribution is 7.18. The maximum atomic E-state index is 14.0. The lowest BCUT2D eigenvalue weighted by molar-refractivity contribution is -0.144. The molecule has 0 aliphatic rings. The van der Waals surface area contributed by atoms with Crippen molar-refractivity contribution in [3.63, 3.8) is 0 Å². The fraction of sp³-hybridized carbons (Fsp3) is 0.250. The first kappa shape index (κ1) is 22.0. The average Bonchev–Trinajstić information content (AvgIpc) is 3.14. The van der Waals surface area contributed by atoms with E-state index in [9.17, 15) is 22.8 Å². The molecule has 1 heterocycles. The van der Waals surface area contributed by atoms with Gasteiger partial charge in [0.15, 0.2) is 11.6 Å². The molecule has 158 valence electrons. The molecule has 0 N–H and O–H groups in total. The SMILES string of the molecule is CCOC(=O)CCC(=O)N(Cc1nc2c(F)c(F)cc(F)c2s1)c1ccc(Cl)cc1. The fourth-order valence-corrected chi connectivity index (χ4v) is 3.83. The molecular weight excluding hydrogens is 441 g/mol. The van der Waals surface area contributed by atoms with Gasteiger partial charge in [-0.05, 0) is 31.2 Å². The molecule has 0 radical (unpaired) electrons. The Morgan fingerprint density at radius 2 is 1.83 bits per heavy atom. The van der Waals surface area contributed by atoms with Crippen LogP contribution >= 0.6 is 22.9 Å². The van der Waals surface area contributed by atoms with Crippen molar-refractivity contribution in [2.45, 2.75) is 26.3 Å². The monoisotopic (exact) mass is 456 g/mol. The molecule has 0 spiro atoms. The molecule has 0 saturated carbocycles. The largest absolute Gasteiger partial charge is 0.466 e. The fourth-order valence-electron chi connectivity index (χ4n) is 2.75. The number of halogens is 4. The number of thiazole rings is 1. The number of nitrogens with zero attached hydrogens (tertiary/aromatic N) is 2. The lowest BCUT2D eigenvalue weighted by Crippen LogP contribution is -2.30. The summed E-state index contributed by atoms with van der Waals surface area (Å²) >= 11 is 6.72. The molecule has 0 aliphatic heterocycles. The molecule has 3 rings (SSSR count). The van der Waals surface area contributed by atoms with Crippen LogP contribution in [0.2, 0.25) is 5.02 Å². The summed E-state index contributed by atoms with van der Waals surface area (Å²) in [5.41, 5.74) is 0.0298. The Labute approximate surface area is 179 Å². The summed E-state index contributed by atoms with van der Waals surface area (Å²) in [4.78, 5) is 29.7. The summed E-state index contributed by atoms with van der Waals surface area (Å²) in [6, 6.07) is 6.81. The van der Waals surface area contributed by atoms with Crippen LogP contribution < -0.4 is 4.90 Å². The summed E-state index contributed by atoms with van der Waals surface area (Å²) < 4.78 is 46.2. The van der Waals surface area contributed by atoms with E-state index in [0.29, 0.717) is 16.8 Å². The van der Waals surface area contributed by atoms with E-state index in [4.69, 9.17) is 16.3 Å². The molecule has 1 aromatic heterocycles. The summed E-state index contributed by atoms with van der Waals surface area (Å²) in [6.07, 6.45) is -0.255. The Morgan fingerprint density at radius 3 is 2.50 bits per heavy atom. The van der Waals surface area contributed by atoms with E-state index >= 15 is 0 Å². The van der Waals surface area contributed by atoms with Crippen molar-refractivity contribution >= 4 is 50.7 Å².